The van der Waals surface area contributed by atoms with Crippen molar-refractivity contribution >= 4 is 5.91 Å². The van der Waals surface area contributed by atoms with Crippen LogP contribution < -0.4 is 4.74 Å². The molecule has 1 amide bonds. The number of hydrogen-bond donors (Lipinski definition) is 0. The number of hydrogen-bond acceptors (Lipinski definition) is 3. The molecule has 0 N–H and O–H groups in total. The van der Waals surface area contributed by atoms with Crippen LogP contribution in [-0.4, -0.2) is 48.0 Å². The minimum atomic E-state index is 0.0656. The third kappa shape index (κ3) is 3.91. The van der Waals surface area contributed by atoms with Crippen molar-refractivity contribution < 1.29 is 9.53 Å². The van der Waals surface area contributed by atoms with Gasteiger partial charge in [0.05, 0.1) is 6.04 Å². The molecule has 1 heterocycles. The molecule has 2 aromatic rings. The van der Waals surface area contributed by atoms with Crippen molar-refractivity contribution in [1.29, 1.82) is 0 Å². The lowest BCUT2D eigenvalue weighted by molar-refractivity contribution is -0.138. The minimum absolute atomic E-state index is 0.0656. The molecule has 136 valence electrons. The van der Waals surface area contributed by atoms with Crippen molar-refractivity contribution in [3.05, 3.63) is 65.7 Å². The van der Waals surface area contributed by atoms with E-state index in [1.54, 1.807) is 0 Å². The molecule has 1 saturated carbocycles. The van der Waals surface area contributed by atoms with E-state index in [-0.39, 0.29) is 18.6 Å². The zero-order valence-corrected chi connectivity index (χ0v) is 15.3. The number of amides is 1. The number of carbonyl (C=O) groups is 1. The summed E-state index contributed by atoms with van der Waals surface area (Å²) < 4.78 is 5.77. The summed E-state index contributed by atoms with van der Waals surface area (Å²) in [5, 5.41) is 0. The predicted octanol–water partition coefficient (Wildman–Crippen LogP) is 3.42. The Morgan fingerprint density at radius 1 is 1.08 bits per heavy atom. The van der Waals surface area contributed by atoms with Gasteiger partial charge in [0.1, 0.15) is 5.75 Å². The van der Waals surface area contributed by atoms with Gasteiger partial charge in [0.15, 0.2) is 6.61 Å². The first-order chi connectivity index (χ1) is 12.7. The fraction of sp³-hybridized carbons (Fsp3) is 0.409. The van der Waals surface area contributed by atoms with Gasteiger partial charge in [-0.1, -0.05) is 42.5 Å². The molecule has 1 aliphatic carbocycles. The summed E-state index contributed by atoms with van der Waals surface area (Å²) in [5.41, 5.74) is 2.34. The quantitative estimate of drug-likeness (QED) is 0.828. The summed E-state index contributed by atoms with van der Waals surface area (Å²) >= 11 is 0. The molecular weight excluding hydrogens is 324 g/mol. The molecule has 1 saturated heterocycles. The average molecular weight is 350 g/mol. The maximum atomic E-state index is 12.9. The van der Waals surface area contributed by atoms with Crippen LogP contribution in [0, 0.1) is 6.92 Å². The Morgan fingerprint density at radius 2 is 1.88 bits per heavy atom. The monoisotopic (exact) mass is 350 g/mol. The molecule has 4 heteroatoms. The highest BCUT2D eigenvalue weighted by molar-refractivity contribution is 5.78. The summed E-state index contributed by atoms with van der Waals surface area (Å²) in [5.74, 6) is 0.821. The Balaban J connectivity index is 1.46. The lowest BCUT2D eigenvalue weighted by Gasteiger charge is -2.42. The van der Waals surface area contributed by atoms with Crippen LogP contribution in [0.5, 0.6) is 5.75 Å². The van der Waals surface area contributed by atoms with Gasteiger partial charge in [-0.25, -0.2) is 0 Å². The molecule has 4 rings (SSSR count). The van der Waals surface area contributed by atoms with Gasteiger partial charge < -0.3 is 9.64 Å². The fourth-order valence-corrected chi connectivity index (χ4v) is 3.77. The van der Waals surface area contributed by atoms with Crippen LogP contribution >= 0.6 is 0 Å². The Labute approximate surface area is 155 Å². The molecule has 1 aliphatic heterocycles. The molecule has 26 heavy (non-hydrogen) atoms. The smallest absolute Gasteiger partial charge is 0.261 e. The van der Waals surface area contributed by atoms with E-state index in [1.807, 2.05) is 42.2 Å². The Kier molecular flexibility index (Phi) is 4.93. The summed E-state index contributed by atoms with van der Waals surface area (Å²) in [4.78, 5) is 17.5. The summed E-state index contributed by atoms with van der Waals surface area (Å²) in [7, 11) is 0. The predicted molar refractivity (Wildman–Crippen MR) is 102 cm³/mol. The number of benzene rings is 2. The van der Waals surface area contributed by atoms with E-state index in [0.717, 1.165) is 37.0 Å². The fourth-order valence-electron chi connectivity index (χ4n) is 3.77. The lowest BCUT2D eigenvalue weighted by Crippen LogP contribution is -2.52. The van der Waals surface area contributed by atoms with Crippen molar-refractivity contribution in [3.8, 4) is 5.75 Å². The average Bonchev–Trinajstić information content (AvgIpc) is 3.52. The van der Waals surface area contributed by atoms with Crippen LogP contribution in [0.3, 0.4) is 0 Å². The molecule has 0 aromatic heterocycles. The van der Waals surface area contributed by atoms with Crippen molar-refractivity contribution in [1.82, 2.24) is 9.80 Å². The van der Waals surface area contributed by atoms with Gasteiger partial charge in [0.25, 0.3) is 5.91 Å². The molecule has 2 fully saturated rings. The normalized spacial score (nSPS) is 20.8. The van der Waals surface area contributed by atoms with Crippen LogP contribution in [-0.2, 0) is 4.79 Å². The van der Waals surface area contributed by atoms with Crippen LogP contribution in [0.4, 0.5) is 0 Å². The van der Waals surface area contributed by atoms with E-state index in [9.17, 15) is 4.79 Å². The van der Waals surface area contributed by atoms with Crippen LogP contribution in [0.15, 0.2) is 54.6 Å². The van der Waals surface area contributed by atoms with E-state index in [4.69, 9.17) is 4.74 Å². The van der Waals surface area contributed by atoms with E-state index >= 15 is 0 Å². The highest BCUT2D eigenvalue weighted by Gasteiger charge is 2.37. The van der Waals surface area contributed by atoms with Crippen LogP contribution in [0.2, 0.25) is 0 Å². The summed E-state index contributed by atoms with van der Waals surface area (Å²) in [6.07, 6.45) is 2.60. The molecule has 0 bridgehead atoms. The molecule has 2 aromatic carbocycles. The van der Waals surface area contributed by atoms with Crippen molar-refractivity contribution in [2.75, 3.05) is 26.2 Å². The number of ether oxygens (including phenoxy) is 1. The van der Waals surface area contributed by atoms with Gasteiger partial charge in [-0.3, -0.25) is 9.69 Å². The largest absolute Gasteiger partial charge is 0.484 e. The number of piperazine rings is 1. The molecule has 2 aliphatic rings. The minimum Gasteiger partial charge on any atom is -0.484 e. The van der Waals surface area contributed by atoms with E-state index in [2.05, 4.69) is 29.2 Å². The third-order valence-corrected chi connectivity index (χ3v) is 5.33. The van der Waals surface area contributed by atoms with Gasteiger partial charge >= 0.3 is 0 Å². The molecular formula is C22H26N2O2. The molecule has 0 spiro atoms. The van der Waals surface area contributed by atoms with Gasteiger partial charge in [-0.15, -0.1) is 0 Å². The first-order valence-electron chi connectivity index (χ1n) is 9.48. The lowest BCUT2D eigenvalue weighted by atomic mass is 10.0. The third-order valence-electron chi connectivity index (χ3n) is 5.33. The van der Waals surface area contributed by atoms with Crippen LogP contribution in [0.25, 0.3) is 0 Å². The maximum absolute atomic E-state index is 12.9. The van der Waals surface area contributed by atoms with Gasteiger partial charge in [0, 0.05) is 25.7 Å². The van der Waals surface area contributed by atoms with Gasteiger partial charge in [-0.05, 0) is 43.0 Å². The van der Waals surface area contributed by atoms with Gasteiger partial charge in [-0.2, -0.15) is 0 Å². The standard InChI is InChI=1S/C22H26N2O2/c1-17-6-5-9-20(14-17)26-16-22(25)24-13-12-23(19-10-11-19)15-21(24)18-7-3-2-4-8-18/h2-9,14,19,21H,10-13,15-16H2,1H3. The highest BCUT2D eigenvalue weighted by atomic mass is 16.5. The Morgan fingerprint density at radius 3 is 2.62 bits per heavy atom. The molecule has 1 unspecified atom stereocenters. The zero-order valence-electron chi connectivity index (χ0n) is 15.3. The Bertz CT molecular complexity index is 758. The first kappa shape index (κ1) is 17.1. The molecule has 0 radical (unpaired) electrons. The number of carbonyl (C=O) groups excluding carboxylic acids is 1. The number of nitrogens with zero attached hydrogens (tertiary/aromatic N) is 2. The van der Waals surface area contributed by atoms with Crippen molar-refractivity contribution in [3.63, 3.8) is 0 Å². The highest BCUT2D eigenvalue weighted by Crippen LogP contribution is 2.33. The molecule has 1 atom stereocenters. The van der Waals surface area contributed by atoms with E-state index < -0.39 is 0 Å². The number of aryl methyl sites for hydroxylation is 1. The maximum Gasteiger partial charge on any atom is 0.261 e. The SMILES string of the molecule is Cc1cccc(OCC(=O)N2CCN(C3CC3)CC2c2ccccc2)c1. The second kappa shape index (κ2) is 7.50. The topological polar surface area (TPSA) is 32.8 Å². The van der Waals surface area contributed by atoms with Crippen molar-refractivity contribution in [2.45, 2.75) is 31.8 Å². The first-order valence-corrected chi connectivity index (χ1v) is 9.48. The second-order valence-electron chi connectivity index (χ2n) is 7.34. The number of rotatable bonds is 5. The Hall–Kier alpha value is -2.33. The summed E-state index contributed by atoms with van der Waals surface area (Å²) in [6.45, 7) is 4.77. The van der Waals surface area contributed by atoms with Gasteiger partial charge in [0.2, 0.25) is 0 Å². The van der Waals surface area contributed by atoms with E-state index in [0.29, 0.717) is 0 Å². The molecule has 4 nitrogen and oxygen atoms in total. The zero-order chi connectivity index (χ0) is 17.9. The second-order valence-corrected chi connectivity index (χ2v) is 7.34. The van der Waals surface area contributed by atoms with Crippen LogP contribution in [0.1, 0.15) is 30.0 Å². The van der Waals surface area contributed by atoms with Crippen molar-refractivity contribution in [2.24, 2.45) is 0 Å². The summed E-state index contributed by atoms with van der Waals surface area (Å²) in [6, 6.07) is 19.1. The van der Waals surface area contributed by atoms with E-state index in [1.165, 1.54) is 18.4 Å².